The van der Waals surface area contributed by atoms with Crippen molar-refractivity contribution in [2.45, 2.75) is 64.6 Å². The molecule has 1 fully saturated rings. The molecule has 1 saturated heterocycles. The molecule has 0 spiro atoms. The molecule has 1 aliphatic heterocycles. The van der Waals surface area contributed by atoms with Crippen LogP contribution in [0.4, 0.5) is 0 Å². The highest BCUT2D eigenvalue weighted by molar-refractivity contribution is 4.96. The van der Waals surface area contributed by atoms with E-state index in [1.807, 2.05) is 20.8 Å². The molecule has 3 N–H and O–H groups in total. The summed E-state index contributed by atoms with van der Waals surface area (Å²) in [6, 6.07) is 0. The molecule has 5 atom stereocenters. The second-order valence-corrected chi connectivity index (χ2v) is 5.08. The number of aliphatic hydroxyl groups excluding tert-OH is 3. The monoisotopic (exact) mass is 218 g/mol. The van der Waals surface area contributed by atoms with E-state index in [2.05, 4.69) is 0 Å². The molecule has 90 valence electrons. The van der Waals surface area contributed by atoms with Gasteiger partial charge in [-0.25, -0.2) is 0 Å². The van der Waals surface area contributed by atoms with Crippen molar-refractivity contribution in [2.24, 2.45) is 5.41 Å². The van der Waals surface area contributed by atoms with Crippen LogP contribution in [0.2, 0.25) is 0 Å². The van der Waals surface area contributed by atoms with Gasteiger partial charge in [-0.3, -0.25) is 0 Å². The van der Waals surface area contributed by atoms with Crippen LogP contribution in [0.25, 0.3) is 0 Å². The lowest BCUT2D eigenvalue weighted by Crippen LogP contribution is -2.60. The lowest BCUT2D eigenvalue weighted by atomic mass is 9.77. The molecule has 0 radical (unpaired) electrons. The van der Waals surface area contributed by atoms with Crippen molar-refractivity contribution in [1.82, 2.24) is 0 Å². The van der Waals surface area contributed by atoms with Crippen LogP contribution in [-0.2, 0) is 4.74 Å². The Morgan fingerprint density at radius 1 is 1.07 bits per heavy atom. The van der Waals surface area contributed by atoms with Gasteiger partial charge in [0.25, 0.3) is 0 Å². The largest absolute Gasteiger partial charge is 0.388 e. The van der Waals surface area contributed by atoms with E-state index in [0.29, 0.717) is 0 Å². The Morgan fingerprint density at radius 3 is 2.07 bits per heavy atom. The van der Waals surface area contributed by atoms with E-state index in [0.717, 1.165) is 6.42 Å². The van der Waals surface area contributed by atoms with Gasteiger partial charge in [-0.05, 0) is 18.8 Å². The first-order chi connectivity index (χ1) is 6.81. The van der Waals surface area contributed by atoms with Gasteiger partial charge in [-0.1, -0.05) is 20.8 Å². The molecule has 15 heavy (non-hydrogen) atoms. The van der Waals surface area contributed by atoms with E-state index in [1.54, 1.807) is 6.92 Å². The van der Waals surface area contributed by atoms with Crippen LogP contribution < -0.4 is 0 Å². The molecule has 0 bridgehead atoms. The van der Waals surface area contributed by atoms with E-state index < -0.39 is 30.5 Å². The maximum absolute atomic E-state index is 9.86. The predicted molar refractivity (Wildman–Crippen MR) is 56.4 cm³/mol. The summed E-state index contributed by atoms with van der Waals surface area (Å²) < 4.78 is 5.58. The van der Waals surface area contributed by atoms with Gasteiger partial charge in [0.05, 0.1) is 12.2 Å². The van der Waals surface area contributed by atoms with Crippen LogP contribution >= 0.6 is 0 Å². The first-order valence-electron chi connectivity index (χ1n) is 5.51. The van der Waals surface area contributed by atoms with Crippen molar-refractivity contribution in [3.05, 3.63) is 0 Å². The van der Waals surface area contributed by atoms with E-state index in [4.69, 9.17) is 4.74 Å². The minimum absolute atomic E-state index is 0.213. The van der Waals surface area contributed by atoms with Crippen molar-refractivity contribution in [1.29, 1.82) is 0 Å². The molecule has 1 unspecified atom stereocenters. The van der Waals surface area contributed by atoms with Gasteiger partial charge < -0.3 is 20.1 Å². The fraction of sp³-hybridized carbons (Fsp3) is 1.00. The van der Waals surface area contributed by atoms with Gasteiger partial charge in [0.15, 0.2) is 0 Å². The van der Waals surface area contributed by atoms with Gasteiger partial charge in [-0.2, -0.15) is 0 Å². The molecular weight excluding hydrogens is 196 g/mol. The number of hydrogen-bond acceptors (Lipinski definition) is 4. The lowest BCUT2D eigenvalue weighted by molar-refractivity contribution is -0.242. The van der Waals surface area contributed by atoms with E-state index >= 15 is 0 Å². The van der Waals surface area contributed by atoms with E-state index in [1.165, 1.54) is 0 Å². The van der Waals surface area contributed by atoms with Crippen LogP contribution in [0.1, 0.15) is 34.1 Å². The second kappa shape index (κ2) is 4.37. The van der Waals surface area contributed by atoms with Gasteiger partial charge >= 0.3 is 0 Å². The molecule has 4 nitrogen and oxygen atoms in total. The standard InChI is InChI=1S/C11H22O4/c1-5-11(3,4)10-9(14)8(13)7(12)6(2)15-10/h6-10,12-14H,5H2,1-4H3/t6-,7-,8+,9+,10?/m0/s1. The zero-order valence-corrected chi connectivity index (χ0v) is 9.84. The van der Waals surface area contributed by atoms with Gasteiger partial charge in [0, 0.05) is 0 Å². The molecule has 0 saturated carbocycles. The molecule has 0 aliphatic carbocycles. The third-order valence-electron chi connectivity index (χ3n) is 3.53. The summed E-state index contributed by atoms with van der Waals surface area (Å²) in [7, 11) is 0. The smallest absolute Gasteiger partial charge is 0.111 e. The van der Waals surface area contributed by atoms with Gasteiger partial charge in [0.2, 0.25) is 0 Å². The Labute approximate surface area is 90.9 Å². The number of hydrogen-bond donors (Lipinski definition) is 3. The second-order valence-electron chi connectivity index (χ2n) is 5.08. The van der Waals surface area contributed by atoms with E-state index in [-0.39, 0.29) is 5.41 Å². The normalized spacial score (nSPS) is 43.0. The summed E-state index contributed by atoms with van der Waals surface area (Å²) in [6.07, 6.45) is -3.20. The Morgan fingerprint density at radius 2 is 1.60 bits per heavy atom. The lowest BCUT2D eigenvalue weighted by Gasteiger charge is -2.46. The number of ether oxygens (including phenoxy) is 1. The fourth-order valence-corrected chi connectivity index (χ4v) is 1.90. The van der Waals surface area contributed by atoms with Crippen LogP contribution in [0.5, 0.6) is 0 Å². The molecule has 1 heterocycles. The Kier molecular flexibility index (Phi) is 3.76. The van der Waals surface area contributed by atoms with Crippen molar-refractivity contribution < 1.29 is 20.1 Å². The highest BCUT2D eigenvalue weighted by atomic mass is 16.5. The molecular formula is C11H22O4. The molecule has 4 heteroatoms. The Balaban J connectivity index is 2.83. The molecule has 0 aromatic carbocycles. The third kappa shape index (κ3) is 2.33. The molecule has 0 aromatic rings. The summed E-state index contributed by atoms with van der Waals surface area (Å²) in [4.78, 5) is 0. The summed E-state index contributed by atoms with van der Waals surface area (Å²) in [5.41, 5.74) is -0.213. The minimum atomic E-state index is -1.12. The van der Waals surface area contributed by atoms with Gasteiger partial charge in [0.1, 0.15) is 18.3 Å². The summed E-state index contributed by atoms with van der Waals surface area (Å²) in [5, 5.41) is 29.1. The van der Waals surface area contributed by atoms with Crippen molar-refractivity contribution in [3.63, 3.8) is 0 Å². The first-order valence-corrected chi connectivity index (χ1v) is 5.51. The van der Waals surface area contributed by atoms with Gasteiger partial charge in [-0.15, -0.1) is 0 Å². The van der Waals surface area contributed by atoms with Crippen LogP contribution in [0.3, 0.4) is 0 Å². The quantitative estimate of drug-likeness (QED) is 0.623. The topological polar surface area (TPSA) is 69.9 Å². The highest BCUT2D eigenvalue weighted by Crippen LogP contribution is 2.35. The first kappa shape index (κ1) is 12.9. The summed E-state index contributed by atoms with van der Waals surface area (Å²) in [6.45, 7) is 7.69. The minimum Gasteiger partial charge on any atom is -0.388 e. The highest BCUT2D eigenvalue weighted by Gasteiger charge is 2.47. The van der Waals surface area contributed by atoms with Crippen molar-refractivity contribution >= 4 is 0 Å². The molecule has 0 amide bonds. The average molecular weight is 218 g/mol. The Bertz CT molecular complexity index is 217. The third-order valence-corrected chi connectivity index (χ3v) is 3.53. The van der Waals surface area contributed by atoms with Crippen LogP contribution in [0.15, 0.2) is 0 Å². The maximum Gasteiger partial charge on any atom is 0.111 e. The average Bonchev–Trinajstić information content (AvgIpc) is 2.20. The molecule has 1 rings (SSSR count). The molecule has 0 aromatic heterocycles. The zero-order valence-electron chi connectivity index (χ0n) is 9.84. The summed E-state index contributed by atoms with van der Waals surface area (Å²) in [5.74, 6) is 0. The van der Waals surface area contributed by atoms with E-state index in [9.17, 15) is 15.3 Å². The zero-order chi connectivity index (χ0) is 11.8. The maximum atomic E-state index is 9.86. The summed E-state index contributed by atoms with van der Waals surface area (Å²) >= 11 is 0. The Hall–Kier alpha value is -0.160. The number of rotatable bonds is 2. The fourth-order valence-electron chi connectivity index (χ4n) is 1.90. The predicted octanol–water partition coefficient (Wildman–Crippen LogP) is 0.293. The van der Waals surface area contributed by atoms with Crippen LogP contribution in [-0.4, -0.2) is 45.8 Å². The SMILES string of the molecule is CCC(C)(C)C1O[C@@H](C)[C@H](O)[C@@H](O)[C@H]1O. The number of aliphatic hydroxyl groups is 3. The molecule has 1 aliphatic rings. The van der Waals surface area contributed by atoms with Crippen molar-refractivity contribution in [2.75, 3.05) is 0 Å². The van der Waals surface area contributed by atoms with Crippen LogP contribution in [0, 0.1) is 5.41 Å². The van der Waals surface area contributed by atoms with Crippen molar-refractivity contribution in [3.8, 4) is 0 Å².